The van der Waals surface area contributed by atoms with Crippen LogP contribution in [0.1, 0.15) is 24.3 Å². The molecule has 3 aromatic rings. The van der Waals surface area contributed by atoms with Crippen molar-refractivity contribution < 1.29 is 17.6 Å². The summed E-state index contributed by atoms with van der Waals surface area (Å²) in [6.45, 7) is 2.77. The average Bonchev–Trinajstić information content (AvgIpc) is 3.07. The molecule has 1 atom stereocenters. The number of carbonyl (C=O) groups is 1. The minimum Gasteiger partial charge on any atom is -0.459 e. The van der Waals surface area contributed by atoms with Gasteiger partial charge in [0.1, 0.15) is 11.3 Å². The third-order valence-electron chi connectivity index (χ3n) is 5.29. The van der Waals surface area contributed by atoms with Crippen LogP contribution < -0.4 is 5.32 Å². The lowest BCUT2D eigenvalue weighted by Gasteiger charge is -2.26. The number of hydrogen-bond acceptors (Lipinski definition) is 5. The number of halogens is 1. The molecule has 0 fully saturated rings. The number of likely N-dealkylation sites (N-methyl/N-ethyl adjacent to an activating group) is 1. The Morgan fingerprint density at radius 1 is 1.24 bits per heavy atom. The van der Waals surface area contributed by atoms with Crippen LogP contribution in [0, 0.1) is 0 Å². The van der Waals surface area contributed by atoms with Crippen LogP contribution >= 0.6 is 11.6 Å². The predicted octanol–water partition coefficient (Wildman–Crippen LogP) is 3.58. The Morgan fingerprint density at radius 2 is 2.00 bits per heavy atom. The number of sulfone groups is 1. The number of amides is 1. The maximum absolute atomic E-state index is 13.0. The SMILES string of the molecule is CC(=O)N(C)CC1NCCc2c1oc1cc(S(=O)(=O)c3cccc(Cl)c3)ccc21. The first-order valence-corrected chi connectivity index (χ1v) is 11.1. The topological polar surface area (TPSA) is 79.6 Å². The molecule has 1 amide bonds. The number of nitrogens with one attached hydrogen (secondary N) is 1. The Balaban J connectivity index is 1.75. The minimum absolute atomic E-state index is 0.0232. The van der Waals surface area contributed by atoms with E-state index in [1.165, 1.54) is 19.1 Å². The molecule has 2 aromatic carbocycles. The van der Waals surface area contributed by atoms with Gasteiger partial charge in [0.15, 0.2) is 0 Å². The van der Waals surface area contributed by atoms with E-state index in [9.17, 15) is 13.2 Å². The zero-order valence-corrected chi connectivity index (χ0v) is 17.7. The van der Waals surface area contributed by atoms with Gasteiger partial charge >= 0.3 is 0 Å². The van der Waals surface area contributed by atoms with Gasteiger partial charge in [0.25, 0.3) is 0 Å². The normalized spacial score (nSPS) is 16.6. The van der Waals surface area contributed by atoms with Gasteiger partial charge in [-0.2, -0.15) is 0 Å². The molecular formula is C21H21ClN2O4S. The van der Waals surface area contributed by atoms with Crippen LogP contribution in [0.15, 0.2) is 56.7 Å². The largest absolute Gasteiger partial charge is 0.459 e. The Morgan fingerprint density at radius 3 is 2.72 bits per heavy atom. The Labute approximate surface area is 174 Å². The first kappa shape index (κ1) is 19.9. The molecule has 0 aliphatic carbocycles. The van der Waals surface area contributed by atoms with E-state index >= 15 is 0 Å². The van der Waals surface area contributed by atoms with Crippen molar-refractivity contribution in [3.63, 3.8) is 0 Å². The van der Waals surface area contributed by atoms with Crippen molar-refractivity contribution >= 4 is 38.3 Å². The van der Waals surface area contributed by atoms with Crippen molar-refractivity contribution in [2.45, 2.75) is 29.2 Å². The number of fused-ring (bicyclic) bond motifs is 3. The summed E-state index contributed by atoms with van der Waals surface area (Å²) in [6, 6.07) is 11.0. The molecule has 1 aromatic heterocycles. The number of hydrogen-bond donors (Lipinski definition) is 1. The second kappa shape index (κ2) is 7.48. The van der Waals surface area contributed by atoms with E-state index in [1.807, 2.05) is 0 Å². The third kappa shape index (κ3) is 3.66. The van der Waals surface area contributed by atoms with Gasteiger partial charge in [-0.3, -0.25) is 4.79 Å². The highest BCUT2D eigenvalue weighted by molar-refractivity contribution is 7.91. The monoisotopic (exact) mass is 432 g/mol. The second-order valence-electron chi connectivity index (χ2n) is 7.22. The molecule has 1 aliphatic rings. The highest BCUT2D eigenvalue weighted by atomic mass is 35.5. The third-order valence-corrected chi connectivity index (χ3v) is 7.27. The van der Waals surface area contributed by atoms with Crippen LogP contribution in [0.4, 0.5) is 0 Å². The zero-order valence-electron chi connectivity index (χ0n) is 16.1. The predicted molar refractivity (Wildman–Crippen MR) is 111 cm³/mol. The smallest absolute Gasteiger partial charge is 0.219 e. The molecule has 0 saturated heterocycles. The van der Waals surface area contributed by atoms with Crippen LogP contribution in [0.2, 0.25) is 5.02 Å². The van der Waals surface area contributed by atoms with Crippen molar-refractivity contribution in [3.8, 4) is 0 Å². The zero-order chi connectivity index (χ0) is 20.8. The van der Waals surface area contributed by atoms with Crippen LogP contribution in [0.25, 0.3) is 11.0 Å². The number of nitrogens with zero attached hydrogens (tertiary/aromatic N) is 1. The van der Waals surface area contributed by atoms with Gasteiger partial charge in [-0.1, -0.05) is 17.7 Å². The van der Waals surface area contributed by atoms with Gasteiger partial charge < -0.3 is 14.6 Å². The lowest BCUT2D eigenvalue weighted by Crippen LogP contribution is -2.38. The van der Waals surface area contributed by atoms with Crippen molar-refractivity contribution in [3.05, 3.63) is 58.8 Å². The molecule has 4 rings (SSSR count). The molecule has 0 spiro atoms. The number of benzene rings is 2. The average molecular weight is 433 g/mol. The van der Waals surface area contributed by atoms with Crippen molar-refractivity contribution in [1.29, 1.82) is 0 Å². The molecule has 1 unspecified atom stereocenters. The number of rotatable bonds is 4. The summed E-state index contributed by atoms with van der Waals surface area (Å²) < 4.78 is 32.1. The lowest BCUT2D eigenvalue weighted by atomic mass is 9.99. The summed E-state index contributed by atoms with van der Waals surface area (Å²) in [6.07, 6.45) is 0.781. The summed E-state index contributed by atoms with van der Waals surface area (Å²) in [5.41, 5.74) is 1.59. The molecule has 0 radical (unpaired) electrons. The van der Waals surface area contributed by atoms with Gasteiger partial charge in [0.05, 0.1) is 15.8 Å². The summed E-state index contributed by atoms with van der Waals surface area (Å²) in [5.74, 6) is 0.738. The maximum atomic E-state index is 13.0. The van der Waals surface area contributed by atoms with E-state index in [-0.39, 0.29) is 21.7 Å². The van der Waals surface area contributed by atoms with Crippen LogP contribution in [0.5, 0.6) is 0 Å². The molecule has 0 bridgehead atoms. The minimum atomic E-state index is -3.71. The van der Waals surface area contributed by atoms with Gasteiger partial charge in [-0.15, -0.1) is 0 Å². The highest BCUT2D eigenvalue weighted by Gasteiger charge is 2.28. The van der Waals surface area contributed by atoms with Crippen LogP contribution in [-0.4, -0.2) is 39.4 Å². The fourth-order valence-corrected chi connectivity index (χ4v) is 5.22. The first-order chi connectivity index (χ1) is 13.8. The van der Waals surface area contributed by atoms with Crippen molar-refractivity contribution in [1.82, 2.24) is 10.2 Å². The van der Waals surface area contributed by atoms with E-state index in [4.69, 9.17) is 16.0 Å². The Hall–Kier alpha value is -2.35. The Kier molecular flexibility index (Phi) is 5.14. The van der Waals surface area contributed by atoms with Gasteiger partial charge in [0, 0.05) is 49.1 Å². The van der Waals surface area contributed by atoms with Crippen molar-refractivity contribution in [2.24, 2.45) is 0 Å². The first-order valence-electron chi connectivity index (χ1n) is 9.28. The van der Waals surface area contributed by atoms with Crippen molar-refractivity contribution in [2.75, 3.05) is 20.1 Å². The molecule has 2 heterocycles. The molecule has 29 heavy (non-hydrogen) atoms. The fraction of sp³-hybridized carbons (Fsp3) is 0.286. The number of carbonyl (C=O) groups excluding carboxylic acids is 1. The summed E-state index contributed by atoms with van der Waals surface area (Å²) in [7, 11) is -1.96. The molecule has 8 heteroatoms. The molecule has 152 valence electrons. The lowest BCUT2D eigenvalue weighted by molar-refractivity contribution is -0.127. The highest BCUT2D eigenvalue weighted by Crippen LogP contribution is 2.35. The van der Waals surface area contributed by atoms with E-state index in [0.29, 0.717) is 17.2 Å². The quantitative estimate of drug-likeness (QED) is 0.681. The van der Waals surface area contributed by atoms with E-state index < -0.39 is 9.84 Å². The van der Waals surface area contributed by atoms with Crippen LogP contribution in [0.3, 0.4) is 0 Å². The fourth-order valence-electron chi connectivity index (χ4n) is 3.64. The van der Waals surface area contributed by atoms with Gasteiger partial charge in [0.2, 0.25) is 15.7 Å². The van der Waals surface area contributed by atoms with Crippen LogP contribution in [-0.2, 0) is 21.1 Å². The number of furan rings is 1. The summed E-state index contributed by atoms with van der Waals surface area (Å²) >= 11 is 5.96. The molecule has 1 N–H and O–H groups in total. The standard InChI is InChI=1S/C21H21ClN2O4S/c1-13(25)24(2)12-19-21-18(8-9-23-19)17-7-6-16(11-20(17)28-21)29(26,27)15-5-3-4-14(22)10-15/h3-7,10-11,19,23H,8-9,12H2,1-2H3. The molecular weight excluding hydrogens is 412 g/mol. The molecule has 1 aliphatic heterocycles. The molecule has 0 saturated carbocycles. The second-order valence-corrected chi connectivity index (χ2v) is 9.61. The Bertz CT molecular complexity index is 1200. The summed E-state index contributed by atoms with van der Waals surface area (Å²) in [4.78, 5) is 13.5. The van der Waals surface area contributed by atoms with Gasteiger partial charge in [-0.25, -0.2) is 8.42 Å². The van der Waals surface area contributed by atoms with E-state index in [0.717, 1.165) is 29.7 Å². The van der Waals surface area contributed by atoms with E-state index in [2.05, 4.69) is 5.32 Å². The maximum Gasteiger partial charge on any atom is 0.219 e. The van der Waals surface area contributed by atoms with E-state index in [1.54, 1.807) is 42.3 Å². The van der Waals surface area contributed by atoms with Gasteiger partial charge in [-0.05, 0) is 36.8 Å². The molecule has 6 nitrogen and oxygen atoms in total. The summed E-state index contributed by atoms with van der Waals surface area (Å²) in [5, 5.41) is 4.65.